The summed E-state index contributed by atoms with van der Waals surface area (Å²) in [6.07, 6.45) is 0. The number of anilines is 1. The number of nitrogens with one attached hydrogen (secondary N) is 1. The summed E-state index contributed by atoms with van der Waals surface area (Å²) in [7, 11) is 0. The fourth-order valence-corrected chi connectivity index (χ4v) is 2.67. The molecular formula is C10H11BrN2S. The average molecular weight is 271 g/mol. The van der Waals surface area contributed by atoms with Crippen LogP contribution in [0.2, 0.25) is 0 Å². The van der Waals surface area contributed by atoms with E-state index in [9.17, 15) is 0 Å². The molecule has 4 heteroatoms. The van der Waals surface area contributed by atoms with Crippen LogP contribution in [-0.4, -0.2) is 22.3 Å². The SMILES string of the molecule is BrC[C@H]1CN=C(Nc2ccccc2)S1. The first-order valence-electron chi connectivity index (χ1n) is 4.47. The highest BCUT2D eigenvalue weighted by Gasteiger charge is 2.17. The number of alkyl halides is 1. The lowest BCUT2D eigenvalue weighted by Gasteiger charge is -2.05. The second kappa shape index (κ2) is 4.84. The molecule has 0 radical (unpaired) electrons. The maximum absolute atomic E-state index is 4.42. The Morgan fingerprint density at radius 1 is 1.43 bits per heavy atom. The first kappa shape index (κ1) is 10.1. The molecule has 74 valence electrons. The average Bonchev–Trinajstić information content (AvgIpc) is 2.67. The predicted molar refractivity (Wildman–Crippen MR) is 67.5 cm³/mol. The molecule has 1 aliphatic heterocycles. The number of para-hydroxylation sites is 1. The van der Waals surface area contributed by atoms with Crippen LogP contribution in [0.5, 0.6) is 0 Å². The van der Waals surface area contributed by atoms with Crippen LogP contribution in [0.15, 0.2) is 35.3 Å². The number of amidine groups is 1. The fourth-order valence-electron chi connectivity index (χ4n) is 1.21. The number of nitrogens with zero attached hydrogens (tertiary/aromatic N) is 1. The third-order valence-electron chi connectivity index (χ3n) is 1.91. The number of halogens is 1. The second-order valence-corrected chi connectivity index (χ2v) is 4.97. The minimum atomic E-state index is 0.584. The van der Waals surface area contributed by atoms with Gasteiger partial charge >= 0.3 is 0 Å². The standard InChI is InChI=1S/C10H11BrN2S/c11-6-9-7-12-10(14-9)13-8-4-2-1-3-5-8/h1-5,9H,6-7H2,(H,12,13)/t9-/m0/s1. The van der Waals surface area contributed by atoms with Crippen LogP contribution in [0.1, 0.15) is 0 Å². The van der Waals surface area contributed by atoms with Crippen LogP contribution in [0.25, 0.3) is 0 Å². The molecule has 0 saturated heterocycles. The third kappa shape index (κ3) is 2.51. The molecule has 1 atom stereocenters. The quantitative estimate of drug-likeness (QED) is 0.836. The molecule has 0 saturated carbocycles. The van der Waals surface area contributed by atoms with Gasteiger partial charge in [-0.1, -0.05) is 45.9 Å². The Morgan fingerprint density at radius 3 is 2.86 bits per heavy atom. The predicted octanol–water partition coefficient (Wildman–Crippen LogP) is 2.96. The molecule has 1 aromatic rings. The van der Waals surface area contributed by atoms with Gasteiger partial charge in [0.2, 0.25) is 0 Å². The Bertz CT molecular complexity index is 326. The van der Waals surface area contributed by atoms with Crippen LogP contribution in [0.4, 0.5) is 5.69 Å². The zero-order chi connectivity index (χ0) is 9.80. The van der Waals surface area contributed by atoms with Gasteiger partial charge < -0.3 is 5.32 Å². The van der Waals surface area contributed by atoms with Crippen molar-refractivity contribution in [1.82, 2.24) is 0 Å². The van der Waals surface area contributed by atoms with Crippen molar-refractivity contribution in [3.63, 3.8) is 0 Å². The lowest BCUT2D eigenvalue weighted by Crippen LogP contribution is -2.08. The monoisotopic (exact) mass is 270 g/mol. The normalized spacial score (nSPS) is 20.6. The largest absolute Gasteiger partial charge is 0.335 e. The fraction of sp³-hybridized carbons (Fsp3) is 0.300. The Balaban J connectivity index is 1.94. The molecule has 0 aliphatic carbocycles. The van der Waals surface area contributed by atoms with Crippen molar-refractivity contribution in [3.8, 4) is 0 Å². The van der Waals surface area contributed by atoms with Crippen LogP contribution in [-0.2, 0) is 0 Å². The maximum atomic E-state index is 4.42. The van der Waals surface area contributed by atoms with Crippen molar-refractivity contribution in [2.75, 3.05) is 17.2 Å². The molecule has 1 aliphatic rings. The topological polar surface area (TPSA) is 24.4 Å². The number of hydrogen-bond donors (Lipinski definition) is 1. The van der Waals surface area contributed by atoms with Crippen molar-refractivity contribution in [3.05, 3.63) is 30.3 Å². The minimum absolute atomic E-state index is 0.584. The maximum Gasteiger partial charge on any atom is 0.161 e. The summed E-state index contributed by atoms with van der Waals surface area (Å²) in [4.78, 5) is 4.42. The van der Waals surface area contributed by atoms with Gasteiger partial charge in [-0.05, 0) is 12.1 Å². The molecule has 0 amide bonds. The lowest BCUT2D eigenvalue weighted by atomic mass is 10.3. The molecule has 14 heavy (non-hydrogen) atoms. The molecule has 0 fully saturated rings. The van der Waals surface area contributed by atoms with Gasteiger partial charge in [0, 0.05) is 16.3 Å². The number of rotatable bonds is 2. The minimum Gasteiger partial charge on any atom is -0.335 e. The highest BCUT2D eigenvalue weighted by molar-refractivity contribution is 9.09. The van der Waals surface area contributed by atoms with Crippen LogP contribution >= 0.6 is 27.7 Å². The van der Waals surface area contributed by atoms with Gasteiger partial charge in [-0.3, -0.25) is 4.99 Å². The van der Waals surface area contributed by atoms with Gasteiger partial charge in [-0.15, -0.1) is 0 Å². The van der Waals surface area contributed by atoms with E-state index in [1.807, 2.05) is 30.3 Å². The summed E-state index contributed by atoms with van der Waals surface area (Å²) in [6.45, 7) is 0.908. The molecule has 2 nitrogen and oxygen atoms in total. The van der Waals surface area contributed by atoms with Crippen molar-refractivity contribution in [1.29, 1.82) is 0 Å². The van der Waals surface area contributed by atoms with Crippen molar-refractivity contribution in [2.24, 2.45) is 4.99 Å². The molecule has 1 N–H and O–H groups in total. The van der Waals surface area contributed by atoms with E-state index < -0.39 is 0 Å². The Hall–Kier alpha value is -0.480. The molecule has 2 rings (SSSR count). The Kier molecular flexibility index (Phi) is 3.48. The second-order valence-electron chi connectivity index (χ2n) is 3.03. The number of benzene rings is 1. The summed E-state index contributed by atoms with van der Waals surface area (Å²) >= 11 is 5.26. The van der Waals surface area contributed by atoms with Crippen molar-refractivity contribution < 1.29 is 0 Å². The van der Waals surface area contributed by atoms with Gasteiger partial charge in [0.05, 0.1) is 6.54 Å². The Morgan fingerprint density at radius 2 is 2.21 bits per heavy atom. The van der Waals surface area contributed by atoms with E-state index in [0.717, 1.165) is 22.7 Å². The van der Waals surface area contributed by atoms with E-state index in [1.54, 1.807) is 11.8 Å². The lowest BCUT2D eigenvalue weighted by molar-refractivity contribution is 0.993. The van der Waals surface area contributed by atoms with E-state index in [-0.39, 0.29) is 0 Å². The number of thioether (sulfide) groups is 1. The Labute approximate surface area is 96.3 Å². The van der Waals surface area contributed by atoms with E-state index in [1.165, 1.54) is 0 Å². The zero-order valence-electron chi connectivity index (χ0n) is 7.61. The zero-order valence-corrected chi connectivity index (χ0v) is 10.0. The number of hydrogen-bond acceptors (Lipinski definition) is 3. The van der Waals surface area contributed by atoms with Crippen LogP contribution < -0.4 is 5.32 Å². The van der Waals surface area contributed by atoms with Crippen molar-refractivity contribution in [2.45, 2.75) is 5.25 Å². The first-order chi connectivity index (χ1) is 6.88. The number of aliphatic imine (C=N–C) groups is 1. The molecule has 1 heterocycles. The summed E-state index contributed by atoms with van der Waals surface area (Å²) in [6, 6.07) is 10.1. The molecule has 1 aromatic carbocycles. The molecule has 0 bridgehead atoms. The van der Waals surface area contributed by atoms with Crippen LogP contribution in [0.3, 0.4) is 0 Å². The third-order valence-corrected chi connectivity index (χ3v) is 4.23. The van der Waals surface area contributed by atoms with E-state index in [0.29, 0.717) is 5.25 Å². The molecular weight excluding hydrogens is 260 g/mol. The van der Waals surface area contributed by atoms with E-state index in [4.69, 9.17) is 0 Å². The molecule has 0 spiro atoms. The summed E-state index contributed by atoms with van der Waals surface area (Å²) < 4.78 is 0. The van der Waals surface area contributed by atoms with Crippen molar-refractivity contribution >= 4 is 38.5 Å². The van der Waals surface area contributed by atoms with Gasteiger partial charge in [-0.25, -0.2) is 0 Å². The van der Waals surface area contributed by atoms with Gasteiger partial charge in [0.15, 0.2) is 5.17 Å². The summed E-state index contributed by atoms with van der Waals surface area (Å²) in [5.41, 5.74) is 1.11. The molecule has 0 aromatic heterocycles. The first-order valence-corrected chi connectivity index (χ1v) is 6.48. The van der Waals surface area contributed by atoms with Gasteiger partial charge in [0.25, 0.3) is 0 Å². The smallest absolute Gasteiger partial charge is 0.161 e. The highest BCUT2D eigenvalue weighted by Crippen LogP contribution is 2.23. The van der Waals surface area contributed by atoms with E-state index in [2.05, 4.69) is 26.2 Å². The summed E-state index contributed by atoms with van der Waals surface area (Å²) in [5, 5.41) is 5.91. The van der Waals surface area contributed by atoms with E-state index >= 15 is 0 Å². The van der Waals surface area contributed by atoms with Gasteiger partial charge in [0.1, 0.15) is 0 Å². The van der Waals surface area contributed by atoms with Gasteiger partial charge in [-0.2, -0.15) is 0 Å². The summed E-state index contributed by atoms with van der Waals surface area (Å²) in [5.74, 6) is 0. The van der Waals surface area contributed by atoms with Crippen LogP contribution in [0, 0.1) is 0 Å². The molecule has 0 unspecified atom stereocenters. The highest BCUT2D eigenvalue weighted by atomic mass is 79.9.